The molecule has 1 saturated carbocycles. The summed E-state index contributed by atoms with van der Waals surface area (Å²) in [5.41, 5.74) is 8.06. The third-order valence-electron chi connectivity index (χ3n) is 3.60. The highest BCUT2D eigenvalue weighted by molar-refractivity contribution is 6.31. The first-order valence-corrected chi connectivity index (χ1v) is 6.11. The van der Waals surface area contributed by atoms with E-state index in [4.69, 9.17) is 26.8 Å². The van der Waals surface area contributed by atoms with E-state index in [-0.39, 0.29) is 5.54 Å². The summed E-state index contributed by atoms with van der Waals surface area (Å²) in [6.07, 6.45) is 3.10. The third kappa shape index (κ3) is 1.87. The van der Waals surface area contributed by atoms with Gasteiger partial charge in [-0.2, -0.15) is 0 Å². The van der Waals surface area contributed by atoms with Crippen LogP contribution in [0.5, 0.6) is 11.5 Å². The Morgan fingerprint density at radius 2 is 1.94 bits per heavy atom. The highest BCUT2D eigenvalue weighted by atomic mass is 35.5. The third-order valence-corrected chi connectivity index (χ3v) is 3.90. The van der Waals surface area contributed by atoms with E-state index in [2.05, 4.69) is 0 Å². The minimum atomic E-state index is -0.291. The Morgan fingerprint density at radius 1 is 1.29 bits per heavy atom. The Bertz CT molecular complexity index is 442. The van der Waals surface area contributed by atoms with Gasteiger partial charge in [-0.15, -0.1) is 0 Å². The van der Waals surface area contributed by atoms with Crippen molar-refractivity contribution >= 4 is 11.6 Å². The summed E-state index contributed by atoms with van der Waals surface area (Å²) in [7, 11) is 3.24. The highest BCUT2D eigenvalue weighted by Crippen LogP contribution is 2.48. The van der Waals surface area contributed by atoms with Gasteiger partial charge in [-0.1, -0.05) is 11.6 Å². The van der Waals surface area contributed by atoms with E-state index in [1.807, 2.05) is 6.92 Å². The van der Waals surface area contributed by atoms with Gasteiger partial charge in [0.1, 0.15) is 0 Å². The molecule has 1 aromatic carbocycles. The van der Waals surface area contributed by atoms with Crippen molar-refractivity contribution in [1.29, 1.82) is 0 Å². The summed E-state index contributed by atoms with van der Waals surface area (Å²) in [5.74, 6) is 1.38. The predicted octanol–water partition coefficient (Wildman–Crippen LogP) is 3.00. The molecule has 4 heteroatoms. The molecule has 0 aromatic heterocycles. The first-order valence-electron chi connectivity index (χ1n) is 5.74. The number of benzene rings is 1. The lowest BCUT2D eigenvalue weighted by Crippen LogP contribution is -2.44. The lowest BCUT2D eigenvalue weighted by Gasteiger charge is -2.40. The van der Waals surface area contributed by atoms with E-state index in [1.54, 1.807) is 20.3 Å². The monoisotopic (exact) mass is 255 g/mol. The molecule has 0 amide bonds. The first kappa shape index (κ1) is 12.5. The molecule has 0 radical (unpaired) electrons. The Hall–Kier alpha value is -0.930. The van der Waals surface area contributed by atoms with Gasteiger partial charge in [0.25, 0.3) is 0 Å². The van der Waals surface area contributed by atoms with Crippen LogP contribution in [0.25, 0.3) is 0 Å². The van der Waals surface area contributed by atoms with Crippen LogP contribution in [-0.4, -0.2) is 14.2 Å². The summed E-state index contributed by atoms with van der Waals surface area (Å²) in [4.78, 5) is 0. The van der Waals surface area contributed by atoms with Crippen molar-refractivity contribution in [1.82, 2.24) is 0 Å². The fourth-order valence-electron chi connectivity index (χ4n) is 2.55. The highest BCUT2D eigenvalue weighted by Gasteiger charge is 2.38. The second-order valence-electron chi connectivity index (χ2n) is 4.60. The molecule has 94 valence electrons. The molecule has 0 aliphatic heterocycles. The van der Waals surface area contributed by atoms with E-state index >= 15 is 0 Å². The van der Waals surface area contributed by atoms with Crippen LogP contribution in [0.1, 0.15) is 30.4 Å². The van der Waals surface area contributed by atoms with E-state index < -0.39 is 0 Å². The fourth-order valence-corrected chi connectivity index (χ4v) is 2.98. The maximum Gasteiger partial charge on any atom is 0.164 e. The van der Waals surface area contributed by atoms with Gasteiger partial charge in [0, 0.05) is 22.2 Å². The van der Waals surface area contributed by atoms with Crippen LogP contribution >= 0.6 is 11.6 Å². The molecule has 0 heterocycles. The zero-order valence-corrected chi connectivity index (χ0v) is 11.2. The van der Waals surface area contributed by atoms with Crippen molar-refractivity contribution in [3.63, 3.8) is 0 Å². The van der Waals surface area contributed by atoms with Crippen LogP contribution < -0.4 is 15.2 Å². The lowest BCUT2D eigenvalue weighted by atomic mass is 9.71. The number of methoxy groups -OCH3 is 2. The van der Waals surface area contributed by atoms with Gasteiger partial charge in [0.05, 0.1) is 14.2 Å². The maximum absolute atomic E-state index is 6.36. The van der Waals surface area contributed by atoms with Crippen LogP contribution in [0.4, 0.5) is 0 Å². The van der Waals surface area contributed by atoms with Crippen LogP contribution in [0.15, 0.2) is 6.07 Å². The largest absolute Gasteiger partial charge is 0.493 e. The maximum atomic E-state index is 6.36. The van der Waals surface area contributed by atoms with Gasteiger partial charge in [0.2, 0.25) is 0 Å². The summed E-state index contributed by atoms with van der Waals surface area (Å²) >= 11 is 6.32. The second kappa shape index (κ2) is 4.39. The van der Waals surface area contributed by atoms with Crippen LogP contribution in [-0.2, 0) is 5.54 Å². The molecule has 1 aliphatic carbocycles. The molecule has 3 nitrogen and oxygen atoms in total. The Labute approximate surface area is 107 Å². The molecule has 0 saturated heterocycles. The first-order chi connectivity index (χ1) is 8.03. The van der Waals surface area contributed by atoms with Crippen molar-refractivity contribution in [2.24, 2.45) is 5.73 Å². The minimum absolute atomic E-state index is 0.291. The normalized spacial score (nSPS) is 17.5. The summed E-state index contributed by atoms with van der Waals surface area (Å²) in [6.45, 7) is 1.98. The smallest absolute Gasteiger partial charge is 0.164 e. The summed E-state index contributed by atoms with van der Waals surface area (Å²) in [5, 5.41) is 0.669. The average Bonchev–Trinajstić information content (AvgIpc) is 2.25. The minimum Gasteiger partial charge on any atom is -0.493 e. The molecular formula is C13H18ClNO2. The van der Waals surface area contributed by atoms with Crippen molar-refractivity contribution in [3.8, 4) is 11.5 Å². The van der Waals surface area contributed by atoms with Crippen molar-refractivity contribution in [2.75, 3.05) is 14.2 Å². The number of hydrogen-bond acceptors (Lipinski definition) is 3. The number of nitrogens with two attached hydrogens (primary N) is 1. The zero-order chi connectivity index (χ0) is 12.6. The fraction of sp³-hybridized carbons (Fsp3) is 0.538. The van der Waals surface area contributed by atoms with E-state index in [9.17, 15) is 0 Å². The number of ether oxygens (including phenoxy) is 2. The van der Waals surface area contributed by atoms with Crippen LogP contribution in [0, 0.1) is 6.92 Å². The summed E-state index contributed by atoms with van der Waals surface area (Å²) < 4.78 is 10.7. The average molecular weight is 256 g/mol. The van der Waals surface area contributed by atoms with Gasteiger partial charge in [-0.3, -0.25) is 0 Å². The topological polar surface area (TPSA) is 44.5 Å². The SMILES string of the molecule is COc1cc(Cl)c(C2(N)CCC2)c(C)c1OC. The molecule has 17 heavy (non-hydrogen) atoms. The molecule has 0 unspecified atom stereocenters. The van der Waals surface area contributed by atoms with Crippen LogP contribution in [0.2, 0.25) is 5.02 Å². The Morgan fingerprint density at radius 3 is 2.35 bits per heavy atom. The quantitative estimate of drug-likeness (QED) is 0.903. The Kier molecular flexibility index (Phi) is 3.23. The van der Waals surface area contributed by atoms with Crippen LogP contribution in [0.3, 0.4) is 0 Å². The van der Waals surface area contributed by atoms with Crippen molar-refractivity contribution in [2.45, 2.75) is 31.7 Å². The standard InChI is InChI=1S/C13H18ClNO2/c1-8-11(13(15)5-4-6-13)9(14)7-10(16-2)12(8)17-3/h7H,4-6,15H2,1-3H3. The molecule has 2 rings (SSSR count). The van der Waals surface area contributed by atoms with Crippen molar-refractivity contribution < 1.29 is 9.47 Å². The molecule has 1 aromatic rings. The Balaban J connectivity index is 2.60. The van der Waals surface area contributed by atoms with E-state index in [0.717, 1.165) is 36.1 Å². The predicted molar refractivity (Wildman–Crippen MR) is 69.0 cm³/mol. The number of rotatable bonds is 3. The molecule has 2 N–H and O–H groups in total. The van der Waals surface area contributed by atoms with Gasteiger partial charge >= 0.3 is 0 Å². The molecule has 1 fully saturated rings. The summed E-state index contributed by atoms with van der Waals surface area (Å²) in [6, 6.07) is 1.79. The van der Waals surface area contributed by atoms with Gasteiger partial charge in [0.15, 0.2) is 11.5 Å². The number of hydrogen-bond donors (Lipinski definition) is 1. The second-order valence-corrected chi connectivity index (χ2v) is 5.01. The van der Waals surface area contributed by atoms with Gasteiger partial charge < -0.3 is 15.2 Å². The molecular weight excluding hydrogens is 238 g/mol. The molecule has 0 spiro atoms. The van der Waals surface area contributed by atoms with Gasteiger partial charge in [-0.05, 0) is 31.7 Å². The molecule has 0 atom stereocenters. The zero-order valence-electron chi connectivity index (χ0n) is 10.5. The lowest BCUT2D eigenvalue weighted by molar-refractivity contribution is 0.250. The van der Waals surface area contributed by atoms with E-state index in [1.165, 1.54) is 0 Å². The molecule has 1 aliphatic rings. The van der Waals surface area contributed by atoms with E-state index in [0.29, 0.717) is 10.8 Å². The molecule has 0 bridgehead atoms. The number of halogens is 1. The van der Waals surface area contributed by atoms with Gasteiger partial charge in [-0.25, -0.2) is 0 Å². The van der Waals surface area contributed by atoms with Crippen molar-refractivity contribution in [3.05, 3.63) is 22.2 Å².